The number of carbonyl (C=O) groups is 1. The summed E-state index contributed by atoms with van der Waals surface area (Å²) in [7, 11) is 0. The number of ether oxygens (including phenoxy) is 1. The molecule has 0 atom stereocenters. The summed E-state index contributed by atoms with van der Waals surface area (Å²) >= 11 is 3.49. The average molecular weight is 428 g/mol. The van der Waals surface area contributed by atoms with Crippen molar-refractivity contribution in [3.8, 4) is 11.7 Å². The van der Waals surface area contributed by atoms with Gasteiger partial charge in [0.05, 0.1) is 24.5 Å². The molecule has 0 unspecified atom stereocenters. The van der Waals surface area contributed by atoms with Gasteiger partial charge >= 0.3 is 0 Å². The first kappa shape index (κ1) is 17.7. The van der Waals surface area contributed by atoms with Gasteiger partial charge in [-0.15, -0.1) is 0 Å². The number of aromatic nitrogens is 4. The Kier molecular flexibility index (Phi) is 4.65. The molecule has 1 fully saturated rings. The van der Waals surface area contributed by atoms with E-state index in [4.69, 9.17) is 4.74 Å². The minimum Gasteiger partial charge on any atom is -0.477 e. The molecule has 4 rings (SSSR count). The SMILES string of the molecule is CCOc1cncc(-n2cnc(C(=O)NC3(c4cccc(Br)c4)CC3)c2)n1. The molecule has 1 aromatic carbocycles. The number of nitrogens with one attached hydrogen (secondary N) is 1. The van der Waals surface area contributed by atoms with Crippen LogP contribution in [0.1, 0.15) is 35.8 Å². The highest BCUT2D eigenvalue weighted by molar-refractivity contribution is 9.10. The molecule has 0 spiro atoms. The van der Waals surface area contributed by atoms with Crippen molar-refractivity contribution in [1.29, 1.82) is 0 Å². The van der Waals surface area contributed by atoms with Crippen molar-refractivity contribution in [2.45, 2.75) is 25.3 Å². The van der Waals surface area contributed by atoms with Crippen LogP contribution in [-0.2, 0) is 5.54 Å². The van der Waals surface area contributed by atoms with Gasteiger partial charge in [0.1, 0.15) is 12.0 Å². The lowest BCUT2D eigenvalue weighted by Gasteiger charge is -2.17. The summed E-state index contributed by atoms with van der Waals surface area (Å²) in [4.78, 5) is 25.4. The Balaban J connectivity index is 1.52. The molecule has 3 aromatic rings. The lowest BCUT2D eigenvalue weighted by Crippen LogP contribution is -2.35. The molecule has 1 aliphatic rings. The van der Waals surface area contributed by atoms with E-state index in [0.29, 0.717) is 24.0 Å². The van der Waals surface area contributed by atoms with Gasteiger partial charge in [-0.05, 0) is 37.5 Å². The predicted octanol–water partition coefficient (Wildman–Crippen LogP) is 3.24. The maximum Gasteiger partial charge on any atom is 0.272 e. The number of rotatable bonds is 6. The zero-order chi connectivity index (χ0) is 18.9. The van der Waals surface area contributed by atoms with E-state index in [0.717, 1.165) is 22.9 Å². The van der Waals surface area contributed by atoms with Gasteiger partial charge in [0.15, 0.2) is 5.82 Å². The Morgan fingerprint density at radius 1 is 1.37 bits per heavy atom. The molecule has 1 N–H and O–H groups in total. The lowest BCUT2D eigenvalue weighted by molar-refractivity contribution is 0.0926. The van der Waals surface area contributed by atoms with E-state index in [1.165, 1.54) is 0 Å². The second kappa shape index (κ2) is 7.11. The van der Waals surface area contributed by atoms with E-state index in [1.807, 2.05) is 31.2 Å². The summed E-state index contributed by atoms with van der Waals surface area (Å²) in [6.07, 6.45) is 8.16. The van der Waals surface area contributed by atoms with Crippen LogP contribution in [-0.4, -0.2) is 32.0 Å². The van der Waals surface area contributed by atoms with E-state index in [1.54, 1.807) is 29.5 Å². The van der Waals surface area contributed by atoms with E-state index in [9.17, 15) is 4.79 Å². The third-order valence-corrected chi connectivity index (χ3v) is 4.94. The van der Waals surface area contributed by atoms with Crippen molar-refractivity contribution in [1.82, 2.24) is 24.8 Å². The maximum atomic E-state index is 12.7. The Hall–Kier alpha value is -2.74. The van der Waals surface area contributed by atoms with Gasteiger partial charge in [0, 0.05) is 10.7 Å². The highest BCUT2D eigenvalue weighted by Gasteiger charge is 2.46. The minimum atomic E-state index is -0.306. The molecule has 2 heterocycles. The third-order valence-electron chi connectivity index (χ3n) is 4.45. The van der Waals surface area contributed by atoms with E-state index >= 15 is 0 Å². The van der Waals surface area contributed by atoms with Crippen molar-refractivity contribution >= 4 is 21.8 Å². The van der Waals surface area contributed by atoms with Crippen LogP contribution in [0.4, 0.5) is 0 Å². The van der Waals surface area contributed by atoms with Gasteiger partial charge in [0.25, 0.3) is 5.91 Å². The molecule has 7 nitrogen and oxygen atoms in total. The zero-order valence-corrected chi connectivity index (χ0v) is 16.3. The summed E-state index contributed by atoms with van der Waals surface area (Å²) < 4.78 is 8.02. The highest BCUT2D eigenvalue weighted by Crippen LogP contribution is 2.46. The second-order valence-corrected chi connectivity index (χ2v) is 7.28. The number of imidazole rings is 1. The van der Waals surface area contributed by atoms with Crippen LogP contribution in [0.3, 0.4) is 0 Å². The van der Waals surface area contributed by atoms with Crippen LogP contribution >= 0.6 is 15.9 Å². The van der Waals surface area contributed by atoms with Gasteiger partial charge in [-0.2, -0.15) is 4.98 Å². The minimum absolute atomic E-state index is 0.208. The standard InChI is InChI=1S/C19H18BrN5O2/c1-2-27-17-10-21-9-16(23-17)25-11-15(22-12-25)18(26)24-19(6-7-19)13-4-3-5-14(20)8-13/h3-5,8-12H,2,6-7H2,1H3,(H,24,26). The van der Waals surface area contributed by atoms with Crippen molar-refractivity contribution in [2.75, 3.05) is 6.61 Å². The van der Waals surface area contributed by atoms with Crippen molar-refractivity contribution < 1.29 is 9.53 Å². The molecule has 2 aromatic heterocycles. The largest absolute Gasteiger partial charge is 0.477 e. The molecule has 0 bridgehead atoms. The predicted molar refractivity (Wildman–Crippen MR) is 103 cm³/mol. The fourth-order valence-corrected chi connectivity index (χ4v) is 3.32. The number of amides is 1. The molecule has 1 saturated carbocycles. The Morgan fingerprint density at radius 2 is 2.22 bits per heavy atom. The molecule has 8 heteroatoms. The fraction of sp³-hybridized carbons (Fsp3) is 0.263. The highest BCUT2D eigenvalue weighted by atomic mass is 79.9. The molecule has 1 aliphatic carbocycles. The van der Waals surface area contributed by atoms with E-state index in [2.05, 4.69) is 36.2 Å². The van der Waals surface area contributed by atoms with Gasteiger partial charge in [-0.1, -0.05) is 28.1 Å². The fourth-order valence-electron chi connectivity index (χ4n) is 2.92. The Bertz CT molecular complexity index is 983. The molecule has 0 aliphatic heterocycles. The summed E-state index contributed by atoms with van der Waals surface area (Å²) in [6, 6.07) is 8.02. The molecule has 0 radical (unpaired) electrons. The third kappa shape index (κ3) is 3.71. The van der Waals surface area contributed by atoms with Crippen LogP contribution < -0.4 is 10.1 Å². The summed E-state index contributed by atoms with van der Waals surface area (Å²) in [6.45, 7) is 2.39. The smallest absolute Gasteiger partial charge is 0.272 e. The van der Waals surface area contributed by atoms with Crippen LogP contribution in [0.2, 0.25) is 0 Å². The number of hydrogen-bond donors (Lipinski definition) is 1. The lowest BCUT2D eigenvalue weighted by atomic mass is 10.0. The first-order chi connectivity index (χ1) is 13.1. The molecule has 138 valence electrons. The van der Waals surface area contributed by atoms with Crippen LogP contribution in [0, 0.1) is 0 Å². The van der Waals surface area contributed by atoms with Gasteiger partial charge < -0.3 is 10.1 Å². The van der Waals surface area contributed by atoms with Crippen LogP contribution in [0.15, 0.2) is 53.7 Å². The Morgan fingerprint density at radius 3 is 2.96 bits per heavy atom. The van der Waals surface area contributed by atoms with E-state index < -0.39 is 0 Å². The van der Waals surface area contributed by atoms with Crippen molar-refractivity contribution in [2.24, 2.45) is 0 Å². The first-order valence-corrected chi connectivity index (χ1v) is 9.47. The molecule has 0 saturated heterocycles. The number of nitrogens with zero attached hydrogens (tertiary/aromatic N) is 4. The molecule has 1 amide bonds. The zero-order valence-electron chi connectivity index (χ0n) is 14.7. The van der Waals surface area contributed by atoms with Crippen LogP contribution in [0.5, 0.6) is 5.88 Å². The maximum absolute atomic E-state index is 12.7. The monoisotopic (exact) mass is 427 g/mol. The number of carbonyl (C=O) groups excluding carboxylic acids is 1. The van der Waals surface area contributed by atoms with Gasteiger partial charge in [-0.25, -0.2) is 4.98 Å². The van der Waals surface area contributed by atoms with Crippen molar-refractivity contribution in [3.63, 3.8) is 0 Å². The normalized spacial score (nSPS) is 14.6. The molecular weight excluding hydrogens is 410 g/mol. The Labute approximate surface area is 164 Å². The van der Waals surface area contributed by atoms with Crippen LogP contribution in [0.25, 0.3) is 5.82 Å². The van der Waals surface area contributed by atoms with E-state index in [-0.39, 0.29) is 11.4 Å². The molecular formula is C19H18BrN5O2. The van der Waals surface area contributed by atoms with Crippen molar-refractivity contribution in [3.05, 3.63) is 64.9 Å². The first-order valence-electron chi connectivity index (χ1n) is 8.67. The summed E-state index contributed by atoms with van der Waals surface area (Å²) in [5.74, 6) is 0.766. The summed E-state index contributed by atoms with van der Waals surface area (Å²) in [5.41, 5.74) is 1.12. The van der Waals surface area contributed by atoms with Gasteiger partial charge in [0.2, 0.25) is 5.88 Å². The average Bonchev–Trinajstić information content (AvgIpc) is 3.27. The van der Waals surface area contributed by atoms with Gasteiger partial charge in [-0.3, -0.25) is 14.3 Å². The number of benzene rings is 1. The molecule has 27 heavy (non-hydrogen) atoms. The topological polar surface area (TPSA) is 81.9 Å². The second-order valence-electron chi connectivity index (χ2n) is 6.36. The summed E-state index contributed by atoms with van der Waals surface area (Å²) in [5, 5.41) is 3.13. The quantitative estimate of drug-likeness (QED) is 0.652. The number of hydrogen-bond acceptors (Lipinski definition) is 5. The number of halogens is 1.